The van der Waals surface area contributed by atoms with Gasteiger partial charge in [-0.2, -0.15) is 0 Å². The van der Waals surface area contributed by atoms with Gasteiger partial charge in [-0.1, -0.05) is 0 Å². The van der Waals surface area contributed by atoms with Crippen molar-refractivity contribution in [2.24, 2.45) is 0 Å². The van der Waals surface area contributed by atoms with Gasteiger partial charge < -0.3 is 15.8 Å². The number of methoxy groups -OCH3 is 1. The van der Waals surface area contributed by atoms with E-state index in [-0.39, 0.29) is 29.1 Å². The fraction of sp³-hybridized carbons (Fsp3) is 0.273. The standard InChI is InChI=1S/C11H13FN2O3S/c1-17-11(16)6-18-5-10(15)14-7-2-3-8(12)9(13)4-7/h2-4H,5-6,13H2,1H3,(H,14,15). The molecule has 1 aromatic carbocycles. The summed E-state index contributed by atoms with van der Waals surface area (Å²) in [5.74, 6) is -1.01. The first-order valence-electron chi connectivity index (χ1n) is 5.02. The molecule has 98 valence electrons. The number of rotatable bonds is 5. The first-order chi connectivity index (χ1) is 8.52. The first kappa shape index (κ1) is 14.3. The monoisotopic (exact) mass is 272 g/mol. The number of nitrogen functional groups attached to an aromatic ring is 1. The Kier molecular flexibility index (Phi) is 5.44. The number of esters is 1. The van der Waals surface area contributed by atoms with Crippen LogP contribution in [0.25, 0.3) is 0 Å². The van der Waals surface area contributed by atoms with Gasteiger partial charge in [0.25, 0.3) is 0 Å². The zero-order valence-electron chi connectivity index (χ0n) is 9.73. The van der Waals surface area contributed by atoms with Gasteiger partial charge in [0.1, 0.15) is 5.82 Å². The van der Waals surface area contributed by atoms with Gasteiger partial charge in [0.05, 0.1) is 24.3 Å². The molecule has 0 unspecified atom stereocenters. The molecule has 0 bridgehead atoms. The lowest BCUT2D eigenvalue weighted by Gasteiger charge is -2.06. The van der Waals surface area contributed by atoms with E-state index in [9.17, 15) is 14.0 Å². The van der Waals surface area contributed by atoms with Crippen LogP contribution in [-0.4, -0.2) is 30.5 Å². The molecule has 1 rings (SSSR count). The van der Waals surface area contributed by atoms with E-state index in [1.54, 1.807) is 0 Å². The molecule has 0 aliphatic carbocycles. The Morgan fingerprint density at radius 1 is 1.44 bits per heavy atom. The molecule has 0 saturated carbocycles. The largest absolute Gasteiger partial charge is 0.468 e. The smallest absolute Gasteiger partial charge is 0.315 e. The Morgan fingerprint density at radius 2 is 2.17 bits per heavy atom. The van der Waals surface area contributed by atoms with Gasteiger partial charge in [-0.25, -0.2) is 4.39 Å². The molecule has 0 heterocycles. The van der Waals surface area contributed by atoms with E-state index < -0.39 is 5.82 Å². The van der Waals surface area contributed by atoms with Crippen LogP contribution in [0, 0.1) is 5.82 Å². The number of ether oxygens (including phenoxy) is 1. The number of thioether (sulfide) groups is 1. The number of hydrogen-bond acceptors (Lipinski definition) is 5. The molecule has 5 nitrogen and oxygen atoms in total. The maximum Gasteiger partial charge on any atom is 0.315 e. The summed E-state index contributed by atoms with van der Waals surface area (Å²) < 4.78 is 17.3. The highest BCUT2D eigenvalue weighted by molar-refractivity contribution is 8.00. The number of benzene rings is 1. The molecule has 18 heavy (non-hydrogen) atoms. The number of carbonyl (C=O) groups excluding carboxylic acids is 2. The Bertz CT molecular complexity index is 454. The molecule has 1 amide bonds. The Labute approximate surface area is 108 Å². The van der Waals surface area contributed by atoms with E-state index in [1.807, 2.05) is 0 Å². The third kappa shape index (κ3) is 4.62. The fourth-order valence-electron chi connectivity index (χ4n) is 1.10. The van der Waals surface area contributed by atoms with Gasteiger partial charge in [0.2, 0.25) is 5.91 Å². The first-order valence-corrected chi connectivity index (χ1v) is 6.18. The molecule has 0 radical (unpaired) electrons. The second kappa shape index (κ2) is 6.85. The molecular formula is C11H13FN2O3S. The number of nitrogens with two attached hydrogens (primary N) is 1. The summed E-state index contributed by atoms with van der Waals surface area (Å²) in [5, 5.41) is 2.54. The number of anilines is 2. The van der Waals surface area contributed by atoms with Gasteiger partial charge in [-0.15, -0.1) is 11.8 Å². The van der Waals surface area contributed by atoms with Crippen LogP contribution in [0.4, 0.5) is 15.8 Å². The Morgan fingerprint density at radius 3 is 2.78 bits per heavy atom. The van der Waals surface area contributed by atoms with E-state index >= 15 is 0 Å². The van der Waals surface area contributed by atoms with Crippen LogP contribution in [0.5, 0.6) is 0 Å². The third-order valence-electron chi connectivity index (χ3n) is 1.96. The number of halogens is 1. The lowest BCUT2D eigenvalue weighted by molar-refractivity contribution is -0.137. The number of amides is 1. The minimum absolute atomic E-state index is 0.0324. The molecule has 0 saturated heterocycles. The molecule has 0 aromatic heterocycles. The van der Waals surface area contributed by atoms with Gasteiger partial charge in [-0.05, 0) is 18.2 Å². The maximum atomic E-state index is 12.9. The van der Waals surface area contributed by atoms with Crippen molar-refractivity contribution in [2.75, 3.05) is 29.7 Å². The number of carbonyl (C=O) groups is 2. The molecule has 0 spiro atoms. The summed E-state index contributed by atoms with van der Waals surface area (Å²) in [4.78, 5) is 22.3. The van der Waals surface area contributed by atoms with Crippen molar-refractivity contribution in [3.63, 3.8) is 0 Å². The number of hydrogen-bond donors (Lipinski definition) is 2. The topological polar surface area (TPSA) is 81.4 Å². The molecule has 1 aromatic rings. The van der Waals surface area contributed by atoms with Gasteiger partial charge >= 0.3 is 5.97 Å². The highest BCUT2D eigenvalue weighted by atomic mass is 32.2. The van der Waals surface area contributed by atoms with E-state index in [0.717, 1.165) is 11.8 Å². The van der Waals surface area contributed by atoms with Crippen LogP contribution < -0.4 is 11.1 Å². The van der Waals surface area contributed by atoms with Crippen molar-refractivity contribution in [2.45, 2.75) is 0 Å². The van der Waals surface area contributed by atoms with Crippen molar-refractivity contribution >= 4 is 35.0 Å². The molecule has 0 fully saturated rings. The van der Waals surface area contributed by atoms with Crippen molar-refractivity contribution in [1.82, 2.24) is 0 Å². The van der Waals surface area contributed by atoms with Crippen molar-refractivity contribution in [1.29, 1.82) is 0 Å². The van der Waals surface area contributed by atoms with Crippen molar-refractivity contribution in [3.05, 3.63) is 24.0 Å². The van der Waals surface area contributed by atoms with Crippen LogP contribution in [0.3, 0.4) is 0 Å². The Balaban J connectivity index is 2.40. The van der Waals surface area contributed by atoms with E-state index in [0.29, 0.717) is 5.69 Å². The highest BCUT2D eigenvalue weighted by Gasteiger charge is 2.07. The SMILES string of the molecule is COC(=O)CSCC(=O)Nc1ccc(F)c(N)c1. The fourth-order valence-corrected chi connectivity index (χ4v) is 1.75. The highest BCUT2D eigenvalue weighted by Crippen LogP contribution is 2.16. The lowest BCUT2D eigenvalue weighted by atomic mass is 10.2. The van der Waals surface area contributed by atoms with Crippen LogP contribution in [0.15, 0.2) is 18.2 Å². The van der Waals surface area contributed by atoms with Crippen LogP contribution >= 0.6 is 11.8 Å². The maximum absolute atomic E-state index is 12.9. The van der Waals surface area contributed by atoms with Crippen LogP contribution in [0.1, 0.15) is 0 Å². The lowest BCUT2D eigenvalue weighted by Crippen LogP contribution is -2.16. The second-order valence-corrected chi connectivity index (χ2v) is 4.34. The minimum atomic E-state index is -0.534. The van der Waals surface area contributed by atoms with Crippen molar-refractivity contribution in [3.8, 4) is 0 Å². The summed E-state index contributed by atoms with van der Waals surface area (Å²) in [6.45, 7) is 0. The normalized spacial score (nSPS) is 9.89. The van der Waals surface area contributed by atoms with E-state index in [1.165, 1.54) is 25.3 Å². The second-order valence-electron chi connectivity index (χ2n) is 3.35. The predicted octanol–water partition coefficient (Wildman–Crippen LogP) is 1.25. The van der Waals surface area contributed by atoms with Crippen molar-refractivity contribution < 1.29 is 18.7 Å². The molecule has 0 aliphatic heterocycles. The quantitative estimate of drug-likeness (QED) is 0.623. The Hall–Kier alpha value is -1.76. The average Bonchev–Trinajstić information content (AvgIpc) is 2.33. The zero-order chi connectivity index (χ0) is 13.5. The third-order valence-corrected chi connectivity index (χ3v) is 2.87. The summed E-state index contributed by atoms with van der Waals surface area (Å²) in [6.07, 6.45) is 0. The van der Waals surface area contributed by atoms with Gasteiger partial charge in [0.15, 0.2) is 0 Å². The number of nitrogens with one attached hydrogen (secondary N) is 1. The van der Waals surface area contributed by atoms with Gasteiger partial charge in [0, 0.05) is 5.69 Å². The summed E-state index contributed by atoms with van der Waals surface area (Å²) in [5.41, 5.74) is 5.74. The molecule has 3 N–H and O–H groups in total. The van der Waals surface area contributed by atoms with Crippen LogP contribution in [0.2, 0.25) is 0 Å². The van der Waals surface area contributed by atoms with E-state index in [4.69, 9.17) is 5.73 Å². The molecule has 7 heteroatoms. The van der Waals surface area contributed by atoms with Gasteiger partial charge in [-0.3, -0.25) is 9.59 Å². The molecular weight excluding hydrogens is 259 g/mol. The zero-order valence-corrected chi connectivity index (χ0v) is 10.6. The summed E-state index contributed by atoms with van der Waals surface area (Å²) >= 11 is 1.13. The molecule has 0 aliphatic rings. The summed E-state index contributed by atoms with van der Waals surface area (Å²) in [6, 6.07) is 3.92. The molecule has 0 atom stereocenters. The van der Waals surface area contributed by atoms with E-state index in [2.05, 4.69) is 10.1 Å². The minimum Gasteiger partial charge on any atom is -0.468 e. The summed E-state index contributed by atoms with van der Waals surface area (Å²) in [7, 11) is 1.28. The van der Waals surface area contributed by atoms with Crippen LogP contribution in [-0.2, 0) is 14.3 Å². The average molecular weight is 272 g/mol. The predicted molar refractivity (Wildman–Crippen MR) is 68.8 cm³/mol.